The molecule has 0 aliphatic carbocycles. The van der Waals surface area contributed by atoms with E-state index in [4.69, 9.17) is 15.2 Å². The Balaban J connectivity index is 2.35. The van der Waals surface area contributed by atoms with Crippen molar-refractivity contribution in [2.75, 3.05) is 6.61 Å². The third-order valence-corrected chi connectivity index (χ3v) is 4.40. The fourth-order valence-electron chi connectivity index (χ4n) is 3.19. The van der Waals surface area contributed by atoms with Crippen LogP contribution >= 0.6 is 0 Å². The van der Waals surface area contributed by atoms with Crippen molar-refractivity contribution in [1.82, 2.24) is 0 Å². The first kappa shape index (κ1) is 19.6. The molecule has 0 radical (unpaired) electrons. The van der Waals surface area contributed by atoms with E-state index in [1.807, 2.05) is 6.07 Å². The second kappa shape index (κ2) is 8.27. The largest absolute Gasteiger partial charge is 0.463 e. The number of nitro groups is 1. The van der Waals surface area contributed by atoms with Crippen LogP contribution in [0.4, 0.5) is 5.69 Å². The molecule has 3 rings (SSSR count). The van der Waals surface area contributed by atoms with Crippen LogP contribution in [0.3, 0.4) is 0 Å². The fraction of sp³-hybridized carbons (Fsp3) is 0.143. The summed E-state index contributed by atoms with van der Waals surface area (Å²) < 4.78 is 10.8. The standard InChI is InChI=1S/C21H17N3O5/c1-2-28-21(25)18-17(14-10-6-7-11-16(14)24(26)27)15(12-22)20(23)29-19(18)13-8-4-3-5-9-13/h3-11,17H,2,23H2,1H3/t17-/m1/s1. The van der Waals surface area contributed by atoms with Crippen molar-refractivity contribution in [3.63, 3.8) is 0 Å². The van der Waals surface area contributed by atoms with Crippen molar-refractivity contribution in [2.45, 2.75) is 12.8 Å². The molecule has 146 valence electrons. The molecule has 0 saturated heterocycles. The predicted octanol–water partition coefficient (Wildman–Crippen LogP) is 3.38. The van der Waals surface area contributed by atoms with Crippen molar-refractivity contribution >= 4 is 17.4 Å². The molecule has 0 fully saturated rings. The quantitative estimate of drug-likeness (QED) is 0.470. The lowest BCUT2D eigenvalue weighted by Crippen LogP contribution is -2.26. The Morgan fingerprint density at radius 2 is 1.90 bits per heavy atom. The Bertz CT molecular complexity index is 1070. The molecule has 0 unspecified atom stereocenters. The Morgan fingerprint density at radius 3 is 2.52 bits per heavy atom. The highest BCUT2D eigenvalue weighted by molar-refractivity contribution is 6.00. The minimum atomic E-state index is -1.11. The van der Waals surface area contributed by atoms with Crippen LogP contribution in [0.15, 0.2) is 71.6 Å². The van der Waals surface area contributed by atoms with Gasteiger partial charge in [-0.25, -0.2) is 4.79 Å². The number of hydrogen-bond acceptors (Lipinski definition) is 7. The number of hydrogen-bond donors (Lipinski definition) is 1. The van der Waals surface area contributed by atoms with Crippen LogP contribution < -0.4 is 5.73 Å². The topological polar surface area (TPSA) is 128 Å². The van der Waals surface area contributed by atoms with Crippen LogP contribution in [0.2, 0.25) is 0 Å². The van der Waals surface area contributed by atoms with E-state index in [0.29, 0.717) is 5.56 Å². The normalized spacial score (nSPS) is 16.1. The molecule has 8 nitrogen and oxygen atoms in total. The predicted molar refractivity (Wildman–Crippen MR) is 104 cm³/mol. The number of nitriles is 1. The lowest BCUT2D eigenvalue weighted by molar-refractivity contribution is -0.385. The van der Waals surface area contributed by atoms with Gasteiger partial charge in [0, 0.05) is 17.2 Å². The van der Waals surface area contributed by atoms with Crippen LogP contribution in [0, 0.1) is 21.4 Å². The summed E-state index contributed by atoms with van der Waals surface area (Å²) >= 11 is 0. The Morgan fingerprint density at radius 1 is 1.24 bits per heavy atom. The van der Waals surface area contributed by atoms with E-state index < -0.39 is 16.8 Å². The van der Waals surface area contributed by atoms with Gasteiger partial charge in [-0.1, -0.05) is 48.5 Å². The number of carbonyl (C=O) groups is 1. The number of benzene rings is 2. The molecular weight excluding hydrogens is 374 g/mol. The monoisotopic (exact) mass is 391 g/mol. The van der Waals surface area contributed by atoms with Crippen LogP contribution in [0.5, 0.6) is 0 Å². The molecule has 0 spiro atoms. The molecule has 1 atom stereocenters. The minimum absolute atomic E-state index is 0.0156. The van der Waals surface area contributed by atoms with Gasteiger partial charge in [0.15, 0.2) is 0 Å². The molecule has 1 aliphatic rings. The minimum Gasteiger partial charge on any atom is -0.463 e. The van der Waals surface area contributed by atoms with Gasteiger partial charge in [-0.2, -0.15) is 5.26 Å². The van der Waals surface area contributed by atoms with Gasteiger partial charge in [-0.3, -0.25) is 10.1 Å². The highest BCUT2D eigenvalue weighted by Gasteiger charge is 2.40. The third kappa shape index (κ3) is 3.66. The number of nitro benzene ring substituents is 1. The fourth-order valence-corrected chi connectivity index (χ4v) is 3.19. The number of carbonyl (C=O) groups excluding carboxylic acids is 1. The second-order valence-electron chi connectivity index (χ2n) is 6.07. The molecule has 1 aliphatic heterocycles. The van der Waals surface area contributed by atoms with Crippen LogP contribution in [0.25, 0.3) is 5.76 Å². The summed E-state index contributed by atoms with van der Waals surface area (Å²) in [6.07, 6.45) is 0. The number of allylic oxidation sites excluding steroid dienone is 1. The summed E-state index contributed by atoms with van der Waals surface area (Å²) in [5.74, 6) is -1.97. The number of rotatable bonds is 5. The summed E-state index contributed by atoms with van der Waals surface area (Å²) in [5, 5.41) is 21.3. The zero-order valence-corrected chi connectivity index (χ0v) is 15.5. The van der Waals surface area contributed by atoms with Crippen LogP contribution in [-0.2, 0) is 14.3 Å². The van der Waals surface area contributed by atoms with E-state index in [2.05, 4.69) is 0 Å². The molecule has 1 heterocycles. The zero-order chi connectivity index (χ0) is 21.0. The maximum atomic E-state index is 12.9. The molecule has 0 saturated carbocycles. The van der Waals surface area contributed by atoms with Crippen molar-refractivity contribution in [3.05, 3.63) is 92.9 Å². The summed E-state index contributed by atoms with van der Waals surface area (Å²) in [6, 6.07) is 16.5. The number of nitrogens with zero attached hydrogens (tertiary/aromatic N) is 2. The van der Waals surface area contributed by atoms with Gasteiger partial charge < -0.3 is 15.2 Å². The Labute approximate surface area is 166 Å². The molecule has 2 N–H and O–H groups in total. The van der Waals surface area contributed by atoms with Crippen molar-refractivity contribution in [2.24, 2.45) is 5.73 Å². The van der Waals surface area contributed by atoms with E-state index >= 15 is 0 Å². The van der Waals surface area contributed by atoms with Gasteiger partial charge >= 0.3 is 5.97 Å². The van der Waals surface area contributed by atoms with Gasteiger partial charge in [0.25, 0.3) is 5.69 Å². The van der Waals surface area contributed by atoms with Crippen molar-refractivity contribution in [1.29, 1.82) is 5.26 Å². The summed E-state index contributed by atoms with van der Waals surface area (Å²) in [6.45, 7) is 1.72. The molecule has 29 heavy (non-hydrogen) atoms. The molecule has 8 heteroatoms. The number of esters is 1. The third-order valence-electron chi connectivity index (χ3n) is 4.40. The van der Waals surface area contributed by atoms with Gasteiger partial charge in [0.2, 0.25) is 5.88 Å². The van der Waals surface area contributed by atoms with Crippen molar-refractivity contribution in [3.8, 4) is 6.07 Å². The highest BCUT2D eigenvalue weighted by Crippen LogP contribution is 2.45. The van der Waals surface area contributed by atoms with Crippen LogP contribution in [-0.4, -0.2) is 17.5 Å². The van der Waals surface area contributed by atoms with Gasteiger partial charge in [0.1, 0.15) is 17.4 Å². The second-order valence-corrected chi connectivity index (χ2v) is 6.07. The Kier molecular flexibility index (Phi) is 5.60. The maximum Gasteiger partial charge on any atom is 0.338 e. The average molecular weight is 391 g/mol. The van der Waals surface area contributed by atoms with Crippen LogP contribution in [0.1, 0.15) is 24.0 Å². The summed E-state index contributed by atoms with van der Waals surface area (Å²) in [5.41, 5.74) is 6.31. The lowest BCUT2D eigenvalue weighted by Gasteiger charge is -2.28. The first-order valence-corrected chi connectivity index (χ1v) is 8.77. The average Bonchev–Trinajstić information content (AvgIpc) is 2.73. The molecule has 2 aromatic carbocycles. The molecule has 0 amide bonds. The van der Waals surface area contributed by atoms with E-state index in [9.17, 15) is 20.2 Å². The first-order valence-electron chi connectivity index (χ1n) is 8.77. The van der Waals surface area contributed by atoms with E-state index in [0.717, 1.165) is 0 Å². The number of para-hydroxylation sites is 1. The van der Waals surface area contributed by atoms with E-state index in [1.165, 1.54) is 18.2 Å². The zero-order valence-electron chi connectivity index (χ0n) is 15.5. The van der Waals surface area contributed by atoms with Gasteiger partial charge in [-0.05, 0) is 6.92 Å². The SMILES string of the molecule is CCOC(=O)C1=C(c2ccccc2)OC(N)=C(C#N)[C@H]1c1ccccc1[N+](=O)[O-]. The van der Waals surface area contributed by atoms with Gasteiger partial charge in [0.05, 0.1) is 23.0 Å². The van der Waals surface area contributed by atoms with E-state index in [1.54, 1.807) is 43.3 Å². The summed E-state index contributed by atoms with van der Waals surface area (Å²) in [7, 11) is 0. The first-order chi connectivity index (χ1) is 14.0. The molecule has 2 aromatic rings. The highest BCUT2D eigenvalue weighted by atomic mass is 16.6. The number of ether oxygens (including phenoxy) is 2. The smallest absolute Gasteiger partial charge is 0.338 e. The molecular formula is C21H17N3O5. The summed E-state index contributed by atoms with van der Waals surface area (Å²) in [4.78, 5) is 24.0. The lowest BCUT2D eigenvalue weighted by atomic mass is 9.81. The van der Waals surface area contributed by atoms with E-state index in [-0.39, 0.29) is 40.6 Å². The Hall–Kier alpha value is -4.12. The molecule has 0 aromatic heterocycles. The van der Waals surface area contributed by atoms with Crippen molar-refractivity contribution < 1.29 is 19.2 Å². The molecule has 0 bridgehead atoms. The number of nitrogens with two attached hydrogens (primary N) is 1. The maximum absolute atomic E-state index is 12.9. The van der Waals surface area contributed by atoms with Gasteiger partial charge in [-0.15, -0.1) is 0 Å².